The minimum absolute atomic E-state index is 0.0944. The quantitative estimate of drug-likeness (QED) is 0.357. The maximum Gasteiger partial charge on any atom is 0.159 e. The van der Waals surface area contributed by atoms with Gasteiger partial charge in [-0.05, 0) is 19.1 Å². The zero-order valence-electron chi connectivity index (χ0n) is 12.1. The van der Waals surface area contributed by atoms with Crippen LogP contribution in [0, 0.1) is 0 Å². The number of ether oxygens (including phenoxy) is 3. The van der Waals surface area contributed by atoms with Gasteiger partial charge in [0.25, 0.3) is 0 Å². The summed E-state index contributed by atoms with van der Waals surface area (Å²) in [5.74, 6) is 0.955. The molecule has 0 saturated heterocycles. The molecule has 4 nitrogen and oxygen atoms in total. The molecule has 0 N–H and O–H groups in total. The van der Waals surface area contributed by atoms with E-state index in [4.69, 9.17) is 14.2 Å². The number of thioether (sulfide) groups is 1. The maximum atomic E-state index is 11.3. The summed E-state index contributed by atoms with van der Waals surface area (Å²) in [5, 5.41) is 0. The van der Waals surface area contributed by atoms with Crippen molar-refractivity contribution in [2.24, 2.45) is 0 Å². The first-order valence-electron chi connectivity index (χ1n) is 6.62. The van der Waals surface area contributed by atoms with Crippen molar-refractivity contribution in [1.29, 1.82) is 0 Å². The average molecular weight is 298 g/mol. The Labute approximate surface area is 124 Å². The molecule has 0 heterocycles. The molecular formula is C15H22O4S. The van der Waals surface area contributed by atoms with Crippen LogP contribution in [-0.4, -0.2) is 51.7 Å². The van der Waals surface area contributed by atoms with Crippen LogP contribution in [-0.2, 0) is 14.2 Å². The monoisotopic (exact) mass is 298 g/mol. The fraction of sp³-hybridized carbons (Fsp3) is 0.533. The molecule has 1 aromatic rings. The summed E-state index contributed by atoms with van der Waals surface area (Å²) in [7, 11) is 1.65. The summed E-state index contributed by atoms with van der Waals surface area (Å²) in [6.07, 6.45) is 0. The summed E-state index contributed by atoms with van der Waals surface area (Å²) in [4.78, 5) is 12.4. The van der Waals surface area contributed by atoms with Crippen molar-refractivity contribution in [3.05, 3.63) is 29.8 Å². The van der Waals surface area contributed by atoms with Gasteiger partial charge in [0.1, 0.15) is 0 Å². The van der Waals surface area contributed by atoms with Crippen molar-refractivity contribution in [2.75, 3.05) is 45.9 Å². The number of Topliss-reactive ketones (excluding diaryl/α,β-unsaturated/α-hetero) is 1. The molecular weight excluding hydrogens is 276 g/mol. The molecule has 0 aliphatic heterocycles. The van der Waals surface area contributed by atoms with E-state index in [1.165, 1.54) is 0 Å². The maximum absolute atomic E-state index is 11.3. The highest BCUT2D eigenvalue weighted by atomic mass is 32.2. The lowest BCUT2D eigenvalue weighted by atomic mass is 10.2. The second kappa shape index (κ2) is 10.9. The van der Waals surface area contributed by atoms with Gasteiger partial charge < -0.3 is 14.2 Å². The Morgan fingerprint density at radius 2 is 1.80 bits per heavy atom. The molecule has 1 rings (SSSR count). The minimum Gasteiger partial charge on any atom is -0.382 e. The van der Waals surface area contributed by atoms with E-state index < -0.39 is 0 Å². The van der Waals surface area contributed by atoms with Crippen LogP contribution in [0.25, 0.3) is 0 Å². The third-order valence-electron chi connectivity index (χ3n) is 2.54. The zero-order chi connectivity index (χ0) is 14.6. The van der Waals surface area contributed by atoms with Gasteiger partial charge in [-0.2, -0.15) is 0 Å². The summed E-state index contributed by atoms with van der Waals surface area (Å²) in [5.41, 5.74) is 0.752. The van der Waals surface area contributed by atoms with Gasteiger partial charge in [-0.3, -0.25) is 4.79 Å². The van der Waals surface area contributed by atoms with Crippen molar-refractivity contribution in [1.82, 2.24) is 0 Å². The average Bonchev–Trinajstić information content (AvgIpc) is 2.46. The van der Waals surface area contributed by atoms with Gasteiger partial charge in [0.15, 0.2) is 5.78 Å². The van der Waals surface area contributed by atoms with Gasteiger partial charge in [-0.1, -0.05) is 12.1 Å². The Balaban J connectivity index is 2.06. The van der Waals surface area contributed by atoms with E-state index in [2.05, 4.69) is 0 Å². The third kappa shape index (κ3) is 7.65. The molecule has 0 atom stereocenters. The molecule has 0 aliphatic rings. The summed E-state index contributed by atoms with van der Waals surface area (Å²) < 4.78 is 15.6. The van der Waals surface area contributed by atoms with Crippen molar-refractivity contribution < 1.29 is 19.0 Å². The number of hydrogen-bond acceptors (Lipinski definition) is 5. The first-order valence-corrected chi connectivity index (χ1v) is 7.61. The zero-order valence-corrected chi connectivity index (χ0v) is 12.9. The molecule has 0 saturated carbocycles. The van der Waals surface area contributed by atoms with Crippen LogP contribution in [0.4, 0.5) is 0 Å². The van der Waals surface area contributed by atoms with Crippen molar-refractivity contribution in [3.63, 3.8) is 0 Å². The SMILES string of the molecule is COCCOCCOCCSc1cccc(C(C)=O)c1. The van der Waals surface area contributed by atoms with E-state index in [-0.39, 0.29) is 5.78 Å². The van der Waals surface area contributed by atoms with E-state index in [1.54, 1.807) is 25.8 Å². The Bertz CT molecular complexity index is 395. The molecule has 112 valence electrons. The number of carbonyl (C=O) groups is 1. The predicted octanol–water partition coefficient (Wildman–Crippen LogP) is 2.66. The van der Waals surface area contributed by atoms with Gasteiger partial charge in [0.05, 0.1) is 33.0 Å². The van der Waals surface area contributed by atoms with Crippen LogP contribution in [0.5, 0.6) is 0 Å². The normalized spacial score (nSPS) is 10.7. The second-order valence-corrected chi connectivity index (χ2v) is 5.32. The molecule has 0 fully saturated rings. The van der Waals surface area contributed by atoms with Crippen LogP contribution < -0.4 is 0 Å². The molecule has 0 amide bonds. The van der Waals surface area contributed by atoms with E-state index in [0.717, 1.165) is 16.2 Å². The third-order valence-corrected chi connectivity index (χ3v) is 3.50. The predicted molar refractivity (Wildman–Crippen MR) is 80.7 cm³/mol. The fourth-order valence-corrected chi connectivity index (χ4v) is 2.31. The molecule has 5 heteroatoms. The van der Waals surface area contributed by atoms with Crippen molar-refractivity contribution >= 4 is 17.5 Å². The molecule has 0 spiro atoms. The van der Waals surface area contributed by atoms with E-state index in [0.29, 0.717) is 33.0 Å². The van der Waals surface area contributed by atoms with Crippen LogP contribution in [0.15, 0.2) is 29.2 Å². The number of carbonyl (C=O) groups excluding carboxylic acids is 1. The standard InChI is InChI=1S/C15H22O4S/c1-13(16)14-4-3-5-15(12-14)20-11-10-19-9-8-18-7-6-17-2/h3-5,12H,6-11H2,1-2H3. The van der Waals surface area contributed by atoms with E-state index >= 15 is 0 Å². The minimum atomic E-state index is 0.0944. The van der Waals surface area contributed by atoms with Gasteiger partial charge >= 0.3 is 0 Å². The van der Waals surface area contributed by atoms with Gasteiger partial charge in [0, 0.05) is 23.3 Å². The molecule has 0 aliphatic carbocycles. The smallest absolute Gasteiger partial charge is 0.159 e. The van der Waals surface area contributed by atoms with E-state index in [1.807, 2.05) is 24.3 Å². The lowest BCUT2D eigenvalue weighted by Crippen LogP contribution is -2.09. The topological polar surface area (TPSA) is 44.8 Å². The number of hydrogen-bond donors (Lipinski definition) is 0. The molecule has 0 aromatic heterocycles. The number of rotatable bonds is 11. The molecule has 0 unspecified atom stereocenters. The van der Waals surface area contributed by atoms with Crippen LogP contribution in [0.3, 0.4) is 0 Å². The van der Waals surface area contributed by atoms with Gasteiger partial charge in [0.2, 0.25) is 0 Å². The summed E-state index contributed by atoms with van der Waals surface area (Å²) >= 11 is 1.69. The molecule has 20 heavy (non-hydrogen) atoms. The Morgan fingerprint density at radius 1 is 1.10 bits per heavy atom. The lowest BCUT2D eigenvalue weighted by Gasteiger charge is -2.06. The number of benzene rings is 1. The summed E-state index contributed by atoms with van der Waals surface area (Å²) in [6, 6.07) is 7.66. The van der Waals surface area contributed by atoms with Crippen LogP contribution in [0.2, 0.25) is 0 Å². The first-order chi connectivity index (χ1) is 9.74. The molecule has 0 bridgehead atoms. The second-order valence-electron chi connectivity index (χ2n) is 4.15. The van der Waals surface area contributed by atoms with Gasteiger partial charge in [-0.15, -0.1) is 11.8 Å². The highest BCUT2D eigenvalue weighted by Gasteiger charge is 2.00. The lowest BCUT2D eigenvalue weighted by molar-refractivity contribution is 0.0286. The number of ketones is 1. The molecule has 0 radical (unpaired) electrons. The van der Waals surface area contributed by atoms with E-state index in [9.17, 15) is 4.79 Å². The summed E-state index contributed by atoms with van der Waals surface area (Å²) in [6.45, 7) is 4.65. The van der Waals surface area contributed by atoms with Gasteiger partial charge in [-0.25, -0.2) is 0 Å². The highest BCUT2D eigenvalue weighted by Crippen LogP contribution is 2.19. The highest BCUT2D eigenvalue weighted by molar-refractivity contribution is 7.99. The Kier molecular flexibility index (Phi) is 9.32. The Hall–Kier alpha value is -0.880. The Morgan fingerprint density at radius 3 is 2.50 bits per heavy atom. The first kappa shape index (κ1) is 17.2. The number of methoxy groups -OCH3 is 1. The van der Waals surface area contributed by atoms with Crippen LogP contribution >= 0.6 is 11.8 Å². The fourth-order valence-electron chi connectivity index (χ4n) is 1.49. The largest absolute Gasteiger partial charge is 0.382 e. The van der Waals surface area contributed by atoms with Crippen molar-refractivity contribution in [2.45, 2.75) is 11.8 Å². The van der Waals surface area contributed by atoms with Crippen LogP contribution in [0.1, 0.15) is 17.3 Å². The van der Waals surface area contributed by atoms with Crippen molar-refractivity contribution in [3.8, 4) is 0 Å². The molecule has 1 aromatic carbocycles.